The van der Waals surface area contributed by atoms with E-state index in [0.29, 0.717) is 39.4 Å². The molecule has 24 heavy (non-hydrogen) atoms. The zero-order valence-corrected chi connectivity index (χ0v) is 15.1. The molecule has 0 atom stereocenters. The predicted octanol–water partition coefficient (Wildman–Crippen LogP) is 5.43. The third kappa shape index (κ3) is 4.79. The second-order valence-electron chi connectivity index (χ2n) is 5.16. The number of benzene rings is 2. The summed E-state index contributed by atoms with van der Waals surface area (Å²) in [5.74, 6) is 0.569. The lowest BCUT2D eigenvalue weighted by Crippen LogP contribution is -2.12. The van der Waals surface area contributed by atoms with Crippen LogP contribution in [0.3, 0.4) is 0 Å². The van der Waals surface area contributed by atoms with Crippen LogP contribution < -0.4 is 14.8 Å². The maximum absolute atomic E-state index is 12.4. The zero-order valence-electron chi connectivity index (χ0n) is 13.6. The highest BCUT2D eigenvalue weighted by Gasteiger charge is 2.16. The normalized spacial score (nSPS) is 10.3. The summed E-state index contributed by atoms with van der Waals surface area (Å²) in [4.78, 5) is 12.4. The summed E-state index contributed by atoms with van der Waals surface area (Å²) >= 11 is 12.2. The van der Waals surface area contributed by atoms with Crippen LogP contribution in [0.25, 0.3) is 0 Å². The molecule has 0 radical (unpaired) electrons. The van der Waals surface area contributed by atoms with Gasteiger partial charge in [-0.1, -0.05) is 42.6 Å². The van der Waals surface area contributed by atoms with E-state index >= 15 is 0 Å². The number of carbonyl (C=O) groups excluding carboxylic acids is 1. The first-order valence-corrected chi connectivity index (χ1v) is 8.38. The van der Waals surface area contributed by atoms with Gasteiger partial charge in [0.25, 0.3) is 5.91 Å². The molecule has 4 nitrogen and oxygen atoms in total. The molecule has 0 fully saturated rings. The average Bonchev–Trinajstić information content (AvgIpc) is 2.56. The van der Waals surface area contributed by atoms with Crippen LogP contribution in [-0.2, 0) is 0 Å². The van der Waals surface area contributed by atoms with Crippen LogP contribution >= 0.6 is 23.2 Å². The minimum Gasteiger partial charge on any atom is -0.493 e. The van der Waals surface area contributed by atoms with E-state index in [-0.39, 0.29) is 5.91 Å². The van der Waals surface area contributed by atoms with E-state index in [0.717, 1.165) is 12.8 Å². The van der Waals surface area contributed by atoms with E-state index in [9.17, 15) is 4.79 Å². The number of ether oxygens (including phenoxy) is 2. The molecular formula is C18H19Cl2NO3. The maximum Gasteiger partial charge on any atom is 0.255 e. The number of hydrogen-bond donors (Lipinski definition) is 1. The molecule has 1 N–H and O–H groups in total. The number of hydrogen-bond acceptors (Lipinski definition) is 3. The smallest absolute Gasteiger partial charge is 0.255 e. The molecule has 128 valence electrons. The summed E-state index contributed by atoms with van der Waals surface area (Å²) in [5, 5.41) is 3.65. The highest BCUT2D eigenvalue weighted by atomic mass is 35.5. The van der Waals surface area contributed by atoms with Gasteiger partial charge in [-0.25, -0.2) is 0 Å². The van der Waals surface area contributed by atoms with Crippen molar-refractivity contribution in [1.29, 1.82) is 0 Å². The first-order valence-electron chi connectivity index (χ1n) is 7.62. The number of unbranched alkanes of at least 4 members (excludes halogenated alkanes) is 1. The SMILES string of the molecule is CCCCOc1c(Cl)cc(C(=O)Nc2cccc(Cl)c2)cc1OC. The van der Waals surface area contributed by atoms with Crippen molar-refractivity contribution in [3.63, 3.8) is 0 Å². The number of carbonyl (C=O) groups is 1. The molecule has 0 aromatic heterocycles. The third-order valence-corrected chi connectivity index (χ3v) is 3.83. The van der Waals surface area contributed by atoms with Gasteiger partial charge in [0.05, 0.1) is 18.7 Å². The first kappa shape index (κ1) is 18.4. The lowest BCUT2D eigenvalue weighted by Gasteiger charge is -2.14. The van der Waals surface area contributed by atoms with Crippen molar-refractivity contribution in [2.24, 2.45) is 0 Å². The average molecular weight is 368 g/mol. The molecule has 0 unspecified atom stereocenters. The second kappa shape index (κ2) is 8.81. The standard InChI is InChI=1S/C18H19Cl2NO3/c1-3-4-8-24-17-15(20)9-12(10-16(17)23-2)18(22)21-14-7-5-6-13(19)11-14/h5-7,9-11H,3-4,8H2,1-2H3,(H,21,22). The fourth-order valence-corrected chi connectivity index (χ4v) is 2.53. The van der Waals surface area contributed by atoms with E-state index in [2.05, 4.69) is 12.2 Å². The summed E-state index contributed by atoms with van der Waals surface area (Å²) in [6.45, 7) is 2.62. The van der Waals surface area contributed by atoms with Crippen LogP contribution in [0.1, 0.15) is 30.1 Å². The molecule has 0 bridgehead atoms. The van der Waals surface area contributed by atoms with Crippen molar-refractivity contribution < 1.29 is 14.3 Å². The largest absolute Gasteiger partial charge is 0.493 e. The van der Waals surface area contributed by atoms with Crippen LogP contribution in [0.2, 0.25) is 10.0 Å². The summed E-state index contributed by atoms with van der Waals surface area (Å²) in [5.41, 5.74) is 0.977. The van der Waals surface area contributed by atoms with E-state index in [4.69, 9.17) is 32.7 Å². The lowest BCUT2D eigenvalue weighted by atomic mass is 10.1. The molecule has 0 saturated carbocycles. The van der Waals surface area contributed by atoms with Gasteiger partial charge in [-0.3, -0.25) is 4.79 Å². The van der Waals surface area contributed by atoms with E-state index < -0.39 is 0 Å². The molecule has 0 saturated heterocycles. The molecular weight excluding hydrogens is 349 g/mol. The number of nitrogens with one attached hydrogen (secondary N) is 1. The summed E-state index contributed by atoms with van der Waals surface area (Å²) in [7, 11) is 1.51. The fraction of sp³-hybridized carbons (Fsp3) is 0.278. The van der Waals surface area contributed by atoms with Crippen LogP contribution in [0.5, 0.6) is 11.5 Å². The quantitative estimate of drug-likeness (QED) is 0.663. The Hall–Kier alpha value is -1.91. The van der Waals surface area contributed by atoms with Gasteiger partial charge >= 0.3 is 0 Å². The van der Waals surface area contributed by atoms with Crippen molar-refractivity contribution in [3.05, 3.63) is 52.0 Å². The summed E-state index contributed by atoms with van der Waals surface area (Å²) < 4.78 is 11.0. The molecule has 0 spiro atoms. The van der Waals surface area contributed by atoms with E-state index in [1.165, 1.54) is 7.11 Å². The Morgan fingerprint density at radius 1 is 1.21 bits per heavy atom. The Labute approximate surface area is 151 Å². The van der Waals surface area contributed by atoms with E-state index in [1.807, 2.05) is 0 Å². The molecule has 0 aliphatic carbocycles. The van der Waals surface area contributed by atoms with Crippen LogP contribution in [0, 0.1) is 0 Å². The van der Waals surface area contributed by atoms with Crippen LogP contribution in [0.15, 0.2) is 36.4 Å². The van der Waals surface area contributed by atoms with Crippen molar-refractivity contribution in [3.8, 4) is 11.5 Å². The molecule has 0 aliphatic heterocycles. The van der Waals surface area contributed by atoms with E-state index in [1.54, 1.807) is 36.4 Å². The third-order valence-electron chi connectivity index (χ3n) is 3.32. The van der Waals surface area contributed by atoms with Gasteiger partial charge < -0.3 is 14.8 Å². The molecule has 0 heterocycles. The Balaban J connectivity index is 2.21. The Kier molecular flexibility index (Phi) is 6.76. The van der Waals surface area contributed by atoms with Crippen molar-refractivity contribution in [1.82, 2.24) is 0 Å². The number of rotatable bonds is 7. The minimum absolute atomic E-state index is 0.308. The Bertz CT molecular complexity index is 719. The topological polar surface area (TPSA) is 47.6 Å². The lowest BCUT2D eigenvalue weighted by molar-refractivity contribution is 0.102. The molecule has 2 aromatic rings. The van der Waals surface area contributed by atoms with Crippen LogP contribution in [-0.4, -0.2) is 19.6 Å². The van der Waals surface area contributed by atoms with Gasteiger partial charge in [0, 0.05) is 16.3 Å². The highest BCUT2D eigenvalue weighted by Crippen LogP contribution is 2.36. The van der Waals surface area contributed by atoms with Gasteiger partial charge in [0.1, 0.15) is 0 Å². The second-order valence-corrected chi connectivity index (χ2v) is 6.00. The van der Waals surface area contributed by atoms with Gasteiger partial charge in [-0.2, -0.15) is 0 Å². The van der Waals surface area contributed by atoms with Gasteiger partial charge in [-0.05, 0) is 36.8 Å². The zero-order chi connectivity index (χ0) is 17.5. The van der Waals surface area contributed by atoms with Crippen molar-refractivity contribution in [2.75, 3.05) is 19.0 Å². The van der Waals surface area contributed by atoms with Gasteiger partial charge in [0.15, 0.2) is 11.5 Å². The van der Waals surface area contributed by atoms with Gasteiger partial charge in [0.2, 0.25) is 0 Å². The molecule has 2 aromatic carbocycles. The fourth-order valence-electron chi connectivity index (χ4n) is 2.08. The van der Waals surface area contributed by atoms with Crippen molar-refractivity contribution >= 4 is 34.8 Å². The monoisotopic (exact) mass is 367 g/mol. The molecule has 2 rings (SSSR count). The highest BCUT2D eigenvalue weighted by molar-refractivity contribution is 6.33. The number of amides is 1. The Morgan fingerprint density at radius 3 is 2.67 bits per heavy atom. The summed E-state index contributed by atoms with van der Waals surface area (Å²) in [6.07, 6.45) is 1.93. The van der Waals surface area contributed by atoms with Crippen molar-refractivity contribution in [2.45, 2.75) is 19.8 Å². The number of anilines is 1. The van der Waals surface area contributed by atoms with Gasteiger partial charge in [-0.15, -0.1) is 0 Å². The first-order chi connectivity index (χ1) is 11.5. The number of methoxy groups -OCH3 is 1. The van der Waals surface area contributed by atoms with Crippen LogP contribution in [0.4, 0.5) is 5.69 Å². The minimum atomic E-state index is -0.308. The predicted molar refractivity (Wildman–Crippen MR) is 97.8 cm³/mol. The molecule has 6 heteroatoms. The summed E-state index contributed by atoms with van der Waals surface area (Å²) in [6, 6.07) is 10.1. The molecule has 1 amide bonds. The number of halogens is 2. The Morgan fingerprint density at radius 2 is 2.00 bits per heavy atom. The maximum atomic E-state index is 12.4. The molecule has 0 aliphatic rings.